The van der Waals surface area contributed by atoms with E-state index in [-0.39, 0.29) is 17.5 Å². The van der Waals surface area contributed by atoms with Crippen molar-refractivity contribution in [3.63, 3.8) is 0 Å². The van der Waals surface area contributed by atoms with E-state index in [0.29, 0.717) is 19.3 Å². The summed E-state index contributed by atoms with van der Waals surface area (Å²) < 4.78 is 5.29. The predicted molar refractivity (Wildman–Crippen MR) is 138 cm³/mol. The second kappa shape index (κ2) is 9.73. The lowest BCUT2D eigenvalue weighted by Crippen LogP contribution is -2.34. The molecule has 0 unspecified atom stereocenters. The Hall–Kier alpha value is -4.33. The molecule has 184 valence electrons. The van der Waals surface area contributed by atoms with E-state index in [1.807, 2.05) is 42.5 Å². The number of aryl methyl sites for hydroxylation is 2. The molecular formula is C28H28N4O4. The molecular weight excluding hydrogens is 456 g/mol. The fourth-order valence-electron chi connectivity index (χ4n) is 5.04. The van der Waals surface area contributed by atoms with Crippen LogP contribution in [0.1, 0.15) is 52.5 Å². The lowest BCUT2D eigenvalue weighted by molar-refractivity contribution is -0.121. The summed E-state index contributed by atoms with van der Waals surface area (Å²) in [5, 5.41) is 4.19. The van der Waals surface area contributed by atoms with Crippen molar-refractivity contribution >= 4 is 22.7 Å². The van der Waals surface area contributed by atoms with Crippen LogP contribution in [0.5, 0.6) is 5.75 Å². The first-order valence-electron chi connectivity index (χ1n) is 12.0. The minimum atomic E-state index is -0.778. The van der Waals surface area contributed by atoms with Gasteiger partial charge < -0.3 is 25.8 Å². The van der Waals surface area contributed by atoms with Gasteiger partial charge in [0.15, 0.2) is 0 Å². The molecule has 36 heavy (non-hydrogen) atoms. The monoisotopic (exact) mass is 484 g/mol. The number of aromatic amines is 2. The summed E-state index contributed by atoms with van der Waals surface area (Å²) in [7, 11) is 1.64. The lowest BCUT2D eigenvalue weighted by atomic mass is 9.90. The molecule has 8 heteroatoms. The maximum Gasteiger partial charge on any atom is 0.261 e. The highest BCUT2D eigenvalue weighted by Gasteiger charge is 2.25. The summed E-state index contributed by atoms with van der Waals surface area (Å²) in [5.41, 5.74) is 10.4. The van der Waals surface area contributed by atoms with Gasteiger partial charge in [-0.05, 0) is 78.8 Å². The van der Waals surface area contributed by atoms with Gasteiger partial charge >= 0.3 is 0 Å². The zero-order chi connectivity index (χ0) is 25.2. The lowest BCUT2D eigenvalue weighted by Gasteiger charge is -2.26. The Kier molecular flexibility index (Phi) is 6.33. The van der Waals surface area contributed by atoms with E-state index >= 15 is 0 Å². The van der Waals surface area contributed by atoms with Crippen molar-refractivity contribution in [2.24, 2.45) is 5.73 Å². The Morgan fingerprint density at radius 1 is 1.11 bits per heavy atom. The van der Waals surface area contributed by atoms with Gasteiger partial charge in [0.2, 0.25) is 5.91 Å². The van der Waals surface area contributed by atoms with E-state index in [0.717, 1.165) is 57.6 Å². The van der Waals surface area contributed by atoms with E-state index in [4.69, 9.17) is 10.5 Å². The molecule has 0 saturated heterocycles. The largest absolute Gasteiger partial charge is 0.497 e. The molecule has 0 saturated carbocycles. The standard InChI is InChI=1S/C28H28N4O4/c1-36-17-11-9-16(10-12-17)26-19(18-5-2-3-6-22(18)31-26)13-14-25(33)30-23-7-4-8-24-20(23)15-21(27(29)34)28(35)32-24/h2-3,5-6,9-12,15,23,31H,4,7-8,13-14H2,1H3,(H2,29,34)(H,30,33)(H,32,35)/t23-/m1/s1. The number of para-hydroxylation sites is 1. The molecule has 0 fully saturated rings. The van der Waals surface area contributed by atoms with Crippen molar-refractivity contribution in [3.8, 4) is 17.0 Å². The van der Waals surface area contributed by atoms with Crippen molar-refractivity contribution in [2.45, 2.75) is 38.1 Å². The number of benzene rings is 2. The van der Waals surface area contributed by atoms with Crippen molar-refractivity contribution < 1.29 is 14.3 Å². The second-order valence-electron chi connectivity index (χ2n) is 9.08. The number of pyridine rings is 1. The number of aromatic nitrogens is 2. The second-order valence-corrected chi connectivity index (χ2v) is 9.08. The van der Waals surface area contributed by atoms with Gasteiger partial charge in [-0.3, -0.25) is 14.4 Å². The topological polar surface area (TPSA) is 130 Å². The Morgan fingerprint density at radius 2 is 1.89 bits per heavy atom. The van der Waals surface area contributed by atoms with Gasteiger partial charge in [0.25, 0.3) is 11.5 Å². The first kappa shape index (κ1) is 23.4. The molecule has 2 heterocycles. The van der Waals surface area contributed by atoms with Crippen LogP contribution in [0.2, 0.25) is 0 Å². The van der Waals surface area contributed by atoms with Gasteiger partial charge in [-0.25, -0.2) is 0 Å². The van der Waals surface area contributed by atoms with Crippen LogP contribution in [-0.2, 0) is 17.6 Å². The molecule has 2 aromatic heterocycles. The average molecular weight is 485 g/mol. The van der Waals surface area contributed by atoms with Crippen LogP contribution in [0, 0.1) is 0 Å². The molecule has 1 aliphatic carbocycles. The number of carbonyl (C=O) groups excluding carboxylic acids is 2. The Balaban J connectivity index is 1.37. The van der Waals surface area contributed by atoms with E-state index in [9.17, 15) is 14.4 Å². The summed E-state index contributed by atoms with van der Waals surface area (Å²) in [5.74, 6) is -0.0878. The molecule has 0 bridgehead atoms. The maximum absolute atomic E-state index is 13.1. The van der Waals surface area contributed by atoms with Crippen molar-refractivity contribution in [2.75, 3.05) is 7.11 Å². The van der Waals surface area contributed by atoms with Gasteiger partial charge in [-0.15, -0.1) is 0 Å². The van der Waals surface area contributed by atoms with Crippen molar-refractivity contribution in [3.05, 3.63) is 87.3 Å². The molecule has 8 nitrogen and oxygen atoms in total. The third-order valence-electron chi connectivity index (χ3n) is 6.85. The van der Waals surface area contributed by atoms with Crippen LogP contribution in [0.3, 0.4) is 0 Å². The number of rotatable bonds is 7. The summed E-state index contributed by atoms with van der Waals surface area (Å²) in [6.07, 6.45) is 3.09. The maximum atomic E-state index is 13.1. The summed E-state index contributed by atoms with van der Waals surface area (Å²) in [6, 6.07) is 17.2. The fraction of sp³-hybridized carbons (Fsp3) is 0.250. The molecule has 4 aromatic rings. The molecule has 0 aliphatic heterocycles. The fourth-order valence-corrected chi connectivity index (χ4v) is 5.04. The van der Waals surface area contributed by atoms with E-state index in [1.165, 1.54) is 6.07 Å². The predicted octanol–water partition coefficient (Wildman–Crippen LogP) is 3.76. The molecule has 0 spiro atoms. The smallest absolute Gasteiger partial charge is 0.261 e. The zero-order valence-electron chi connectivity index (χ0n) is 20.0. The Bertz CT molecular complexity index is 1500. The number of fused-ring (bicyclic) bond motifs is 2. The molecule has 1 aliphatic rings. The number of hydrogen-bond donors (Lipinski definition) is 4. The quantitative estimate of drug-likeness (QED) is 0.318. The molecule has 5 rings (SSSR count). The Labute approximate surface area is 207 Å². The van der Waals surface area contributed by atoms with Crippen LogP contribution in [-0.4, -0.2) is 28.9 Å². The normalized spacial score (nSPS) is 14.9. The number of H-pyrrole nitrogens is 2. The summed E-state index contributed by atoms with van der Waals surface area (Å²) >= 11 is 0. The zero-order valence-corrected chi connectivity index (χ0v) is 20.0. The molecule has 1 atom stereocenters. The van der Waals surface area contributed by atoms with Crippen LogP contribution < -0.4 is 21.3 Å². The van der Waals surface area contributed by atoms with Gasteiger partial charge in [0.1, 0.15) is 11.3 Å². The number of methoxy groups -OCH3 is 1. The number of hydrogen-bond acceptors (Lipinski definition) is 4. The first-order chi connectivity index (χ1) is 17.4. The third kappa shape index (κ3) is 4.49. The minimum Gasteiger partial charge on any atom is -0.497 e. The Morgan fingerprint density at radius 3 is 2.64 bits per heavy atom. The van der Waals surface area contributed by atoms with Crippen LogP contribution in [0.15, 0.2) is 59.4 Å². The minimum absolute atomic E-state index is 0.0853. The molecule has 2 aromatic carbocycles. The summed E-state index contributed by atoms with van der Waals surface area (Å²) in [4.78, 5) is 43.1. The first-order valence-corrected chi connectivity index (χ1v) is 12.0. The highest BCUT2D eigenvalue weighted by atomic mass is 16.5. The van der Waals surface area contributed by atoms with Gasteiger partial charge in [-0.1, -0.05) is 18.2 Å². The molecule has 5 N–H and O–H groups in total. The van der Waals surface area contributed by atoms with Crippen molar-refractivity contribution in [1.29, 1.82) is 0 Å². The number of nitrogens with one attached hydrogen (secondary N) is 3. The van der Waals surface area contributed by atoms with E-state index in [1.54, 1.807) is 7.11 Å². The number of carbonyl (C=O) groups is 2. The van der Waals surface area contributed by atoms with Gasteiger partial charge in [-0.2, -0.15) is 0 Å². The highest BCUT2D eigenvalue weighted by Crippen LogP contribution is 2.33. The molecule has 0 radical (unpaired) electrons. The number of nitrogens with two attached hydrogens (primary N) is 1. The SMILES string of the molecule is COc1ccc(-c2[nH]c3ccccc3c2CCC(=O)N[C@@H]2CCCc3[nH]c(=O)c(C(N)=O)cc32)cc1. The van der Waals surface area contributed by atoms with E-state index in [2.05, 4.69) is 21.4 Å². The third-order valence-corrected chi connectivity index (χ3v) is 6.85. The van der Waals surface area contributed by atoms with Crippen LogP contribution in [0.4, 0.5) is 0 Å². The number of primary amides is 1. The van der Waals surface area contributed by atoms with Crippen molar-refractivity contribution in [1.82, 2.24) is 15.3 Å². The van der Waals surface area contributed by atoms with Gasteiger partial charge in [0.05, 0.1) is 13.2 Å². The number of ether oxygens (including phenoxy) is 1. The van der Waals surface area contributed by atoms with Crippen LogP contribution >= 0.6 is 0 Å². The average Bonchev–Trinajstić information content (AvgIpc) is 3.25. The van der Waals surface area contributed by atoms with E-state index < -0.39 is 11.5 Å². The van der Waals surface area contributed by atoms with Crippen LogP contribution in [0.25, 0.3) is 22.2 Å². The molecule has 2 amide bonds. The summed E-state index contributed by atoms with van der Waals surface area (Å²) in [6.45, 7) is 0. The number of amides is 2. The van der Waals surface area contributed by atoms with Gasteiger partial charge in [0, 0.05) is 28.7 Å². The highest BCUT2D eigenvalue weighted by molar-refractivity contribution is 5.93.